The Labute approximate surface area is 229 Å². The third-order valence-electron chi connectivity index (χ3n) is 6.15. The van der Waals surface area contributed by atoms with E-state index in [9.17, 15) is 38.7 Å². The molecule has 0 spiro atoms. The van der Waals surface area contributed by atoms with E-state index >= 15 is 0 Å². The van der Waals surface area contributed by atoms with Gasteiger partial charge in [-0.15, -0.1) is 0 Å². The molecule has 3 aromatic rings. The number of nitrogens with two attached hydrogens (primary N) is 1. The number of imidazole rings is 1. The second kappa shape index (κ2) is 11.2. The Balaban J connectivity index is 1.70. The maximum Gasteiger partial charge on any atom is 0.490 e. The molecule has 4 rings (SSSR count). The summed E-state index contributed by atoms with van der Waals surface area (Å²) in [5.41, 5.74) is 4.39. The molecule has 1 saturated heterocycles. The second-order valence-corrected chi connectivity index (χ2v) is 13.2. The van der Waals surface area contributed by atoms with Crippen LogP contribution < -0.4 is 5.73 Å². The van der Waals surface area contributed by atoms with E-state index in [0.717, 1.165) is 6.33 Å². The third-order valence-corrected chi connectivity index (χ3v) is 9.95. The van der Waals surface area contributed by atoms with Crippen LogP contribution in [-0.2, 0) is 37.3 Å². The molecule has 0 bridgehead atoms. The minimum Gasteiger partial charge on any atom is -0.390 e. The lowest BCUT2D eigenvalue weighted by Gasteiger charge is -2.36. The molecule has 1 aliphatic heterocycles. The highest BCUT2D eigenvalue weighted by atomic mass is 31.3. The Morgan fingerprint density at radius 1 is 1.17 bits per heavy atom. The van der Waals surface area contributed by atoms with E-state index in [2.05, 4.69) is 28.1 Å². The molecular weight excluding hydrogens is 617 g/mol. The SMILES string of the molecule is CC(c1ccccc1[N+](=O)[O-])[C@]1(n2cnc3c(N)ncnc32)C[C@H](O)[C@@H](COP(=O)(O)OP(=O)(O)OP(=O)(O)O)O1. The average molecular weight is 640 g/mol. The van der Waals surface area contributed by atoms with Crippen molar-refractivity contribution in [2.24, 2.45) is 0 Å². The number of aliphatic hydroxyl groups is 1. The number of rotatable bonds is 11. The van der Waals surface area contributed by atoms with Gasteiger partial charge in [-0.1, -0.05) is 25.1 Å². The fraction of sp³-hybridized carbons (Fsp3) is 0.389. The monoisotopic (exact) mass is 640 g/mol. The molecule has 6 atom stereocenters. The van der Waals surface area contributed by atoms with E-state index in [4.69, 9.17) is 20.3 Å². The van der Waals surface area contributed by atoms with Crippen molar-refractivity contribution in [2.45, 2.75) is 37.2 Å². The third kappa shape index (κ3) is 6.70. The molecule has 1 fully saturated rings. The maximum absolute atomic E-state index is 12.2. The van der Waals surface area contributed by atoms with Crippen LogP contribution in [0.15, 0.2) is 36.9 Å². The van der Waals surface area contributed by atoms with Crippen LogP contribution in [0.4, 0.5) is 11.5 Å². The number of phosphoric ester groups is 1. The van der Waals surface area contributed by atoms with Crippen LogP contribution in [0.2, 0.25) is 0 Å². The number of nitrogen functional groups attached to an aromatic ring is 1. The second-order valence-electron chi connectivity index (χ2n) is 8.74. The fourth-order valence-electron chi connectivity index (χ4n) is 4.47. The van der Waals surface area contributed by atoms with Crippen molar-refractivity contribution in [1.82, 2.24) is 19.5 Å². The first kappa shape index (κ1) is 31.2. The lowest BCUT2D eigenvalue weighted by molar-refractivity contribution is -0.386. The number of anilines is 1. The zero-order chi connectivity index (χ0) is 30.4. The van der Waals surface area contributed by atoms with E-state index in [1.807, 2.05) is 0 Å². The standard InChI is InChI=1S/C18H23N6O14P3/c1-10(11-4-2-3-5-12(11)24(26)27)18(23-9-22-15-16(19)20-8-21-17(15)23)6-13(25)14(36-18)7-35-40(31,32)38-41(33,34)37-39(28,29)30/h2-5,8-10,13-14,25H,6-7H2,1H3,(H,31,32)(H,33,34)(H2,19,20,21)(H2,28,29,30)/t10?,13-,14+,18-/m0/s1. The number of nitro groups is 1. The quantitative estimate of drug-likeness (QED) is 0.0976. The first-order valence-corrected chi connectivity index (χ1v) is 15.8. The van der Waals surface area contributed by atoms with Gasteiger partial charge in [-0.25, -0.2) is 28.6 Å². The topological polar surface area (TPSA) is 302 Å². The molecule has 1 aliphatic rings. The molecule has 0 amide bonds. The molecule has 7 N–H and O–H groups in total. The zero-order valence-corrected chi connectivity index (χ0v) is 23.4. The number of fused-ring (bicyclic) bond motifs is 1. The van der Waals surface area contributed by atoms with Gasteiger partial charge < -0.3 is 35.2 Å². The number of para-hydroxylation sites is 1. The Kier molecular flexibility index (Phi) is 8.52. The zero-order valence-electron chi connectivity index (χ0n) is 20.7. The summed E-state index contributed by atoms with van der Waals surface area (Å²) >= 11 is 0. The van der Waals surface area contributed by atoms with Gasteiger partial charge in [-0.3, -0.25) is 19.2 Å². The summed E-state index contributed by atoms with van der Waals surface area (Å²) in [6.07, 6.45) is -0.860. The van der Waals surface area contributed by atoms with Gasteiger partial charge in [0.1, 0.15) is 17.9 Å². The van der Waals surface area contributed by atoms with E-state index in [-0.39, 0.29) is 34.7 Å². The molecule has 20 nitrogen and oxygen atoms in total. The number of nitro benzene ring substituents is 1. The number of phosphoric acid groups is 3. The summed E-state index contributed by atoms with van der Waals surface area (Å²) in [5.74, 6) is -0.922. The number of hydrogen-bond acceptors (Lipinski definition) is 14. The molecule has 23 heteroatoms. The molecule has 3 heterocycles. The Morgan fingerprint density at radius 3 is 2.51 bits per heavy atom. The molecule has 0 radical (unpaired) electrons. The van der Waals surface area contributed by atoms with Gasteiger partial charge in [-0.2, -0.15) is 8.62 Å². The van der Waals surface area contributed by atoms with Crippen molar-refractivity contribution in [3.8, 4) is 0 Å². The number of nitrogens with zero attached hydrogens (tertiary/aromatic N) is 5. The molecule has 0 saturated carbocycles. The van der Waals surface area contributed by atoms with Crippen molar-refractivity contribution in [2.75, 3.05) is 12.3 Å². The highest BCUT2D eigenvalue weighted by Gasteiger charge is 2.54. The summed E-state index contributed by atoms with van der Waals surface area (Å²) in [5, 5.41) is 22.7. The average Bonchev–Trinajstić information content (AvgIpc) is 3.43. The van der Waals surface area contributed by atoms with Gasteiger partial charge >= 0.3 is 23.5 Å². The van der Waals surface area contributed by atoms with Crippen molar-refractivity contribution >= 4 is 46.1 Å². The Bertz CT molecular complexity index is 1610. The summed E-state index contributed by atoms with van der Waals surface area (Å²) in [6.45, 7) is 0.593. The van der Waals surface area contributed by atoms with Gasteiger partial charge in [0.05, 0.1) is 24.0 Å². The van der Waals surface area contributed by atoms with Crippen LogP contribution in [0.25, 0.3) is 11.2 Å². The number of hydrogen-bond donors (Lipinski definition) is 6. The number of ether oxygens (including phenoxy) is 1. The predicted octanol–water partition coefficient (Wildman–Crippen LogP) is 1.27. The van der Waals surface area contributed by atoms with Gasteiger partial charge in [-0.05, 0) is 0 Å². The van der Waals surface area contributed by atoms with E-state index < -0.39 is 58.8 Å². The lowest BCUT2D eigenvalue weighted by atomic mass is 9.86. The molecule has 0 aliphatic carbocycles. The smallest absolute Gasteiger partial charge is 0.390 e. The van der Waals surface area contributed by atoms with Crippen LogP contribution in [0.1, 0.15) is 24.8 Å². The Morgan fingerprint density at radius 2 is 1.85 bits per heavy atom. The van der Waals surface area contributed by atoms with Crippen molar-refractivity contribution in [3.63, 3.8) is 0 Å². The van der Waals surface area contributed by atoms with E-state index in [0.29, 0.717) is 0 Å². The fourth-order valence-corrected chi connectivity index (χ4v) is 7.50. The molecule has 224 valence electrons. The minimum absolute atomic E-state index is 0.00463. The van der Waals surface area contributed by atoms with Gasteiger partial charge in [0.2, 0.25) is 0 Å². The molecule has 3 unspecified atom stereocenters. The lowest BCUT2D eigenvalue weighted by Crippen LogP contribution is -2.39. The van der Waals surface area contributed by atoms with Crippen molar-refractivity contribution < 1.29 is 61.2 Å². The normalized spacial score (nSPS) is 25.0. The van der Waals surface area contributed by atoms with Gasteiger partial charge in [0.15, 0.2) is 17.2 Å². The molecule has 1 aromatic carbocycles. The number of benzene rings is 1. The summed E-state index contributed by atoms with van der Waals surface area (Å²) in [6, 6.07) is 5.75. The Hall–Kier alpha value is -2.70. The molecular formula is C18H23N6O14P3. The summed E-state index contributed by atoms with van der Waals surface area (Å²) in [7, 11) is -16.9. The van der Waals surface area contributed by atoms with Crippen molar-refractivity contribution in [1.29, 1.82) is 0 Å². The van der Waals surface area contributed by atoms with E-state index in [1.165, 1.54) is 29.1 Å². The van der Waals surface area contributed by atoms with Crippen LogP contribution in [0.3, 0.4) is 0 Å². The summed E-state index contributed by atoms with van der Waals surface area (Å²) in [4.78, 5) is 60.0. The number of aliphatic hydroxyl groups excluding tert-OH is 1. The van der Waals surface area contributed by atoms with Crippen LogP contribution in [-0.4, -0.2) is 67.9 Å². The largest absolute Gasteiger partial charge is 0.490 e. The van der Waals surface area contributed by atoms with Crippen LogP contribution in [0.5, 0.6) is 0 Å². The summed E-state index contributed by atoms with van der Waals surface area (Å²) < 4.78 is 54.3. The van der Waals surface area contributed by atoms with Gasteiger partial charge in [0, 0.05) is 24.0 Å². The number of aromatic nitrogens is 4. The predicted molar refractivity (Wildman–Crippen MR) is 135 cm³/mol. The van der Waals surface area contributed by atoms with Gasteiger partial charge in [0.25, 0.3) is 5.69 Å². The highest BCUT2D eigenvalue weighted by Crippen LogP contribution is 2.66. The van der Waals surface area contributed by atoms with Crippen LogP contribution >= 0.6 is 23.5 Å². The van der Waals surface area contributed by atoms with Crippen LogP contribution in [0, 0.1) is 10.1 Å². The van der Waals surface area contributed by atoms with E-state index in [1.54, 1.807) is 13.0 Å². The minimum atomic E-state index is -5.79. The maximum atomic E-state index is 12.2. The first-order chi connectivity index (χ1) is 18.9. The van der Waals surface area contributed by atoms with Crippen molar-refractivity contribution in [3.05, 3.63) is 52.6 Å². The highest BCUT2D eigenvalue weighted by molar-refractivity contribution is 7.66. The first-order valence-electron chi connectivity index (χ1n) is 11.3. The molecule has 41 heavy (non-hydrogen) atoms. The molecule has 2 aromatic heterocycles.